The van der Waals surface area contributed by atoms with Gasteiger partial charge in [0.15, 0.2) is 0 Å². The minimum Gasteiger partial charge on any atom is -0.370 e. The van der Waals surface area contributed by atoms with E-state index in [0.29, 0.717) is 44.2 Å². The Bertz CT molecular complexity index is 1680. The van der Waals surface area contributed by atoms with E-state index < -0.39 is 71.2 Å². The van der Waals surface area contributed by atoms with Gasteiger partial charge in [-0.25, -0.2) is 0 Å². The van der Waals surface area contributed by atoms with Crippen LogP contribution >= 0.6 is 0 Å². The van der Waals surface area contributed by atoms with E-state index in [1.165, 1.54) is 16.8 Å². The molecule has 1 aliphatic heterocycles. The number of alkyl halides is 9. The SMILES string of the molecule is CCC1C[C@H](N(Cc2cc(C(F)(F)F)cc(C(F)(F)F)c2)c2nnn(C)n2)c2cc(C(F)(F)F)ccc2N1C(=O)C1CCC(CC(N)=O)CC1. The maximum absolute atomic E-state index is 14.1. The summed E-state index contributed by atoms with van der Waals surface area (Å²) in [5.41, 5.74) is 0.782. The van der Waals surface area contributed by atoms with Crippen LogP contribution in [0.15, 0.2) is 36.4 Å². The Morgan fingerprint density at radius 1 is 0.880 bits per heavy atom. The minimum absolute atomic E-state index is 0.00707. The fraction of sp³-hybridized carbons (Fsp3) is 0.531. The molecule has 1 saturated carbocycles. The number of tetrazole rings is 1. The standard InChI is InChI=1S/C32H34F9N7O2/c1-3-23-15-26(47(29-43-45-46(2)44-29)16-18-10-21(31(36,37)38)13-22(11-18)32(39,40)41)24-14-20(30(33,34)35)8-9-25(24)48(23)28(50)19-6-4-17(5-7-19)12-27(42)49/h8-11,13-14,17,19,23,26H,3-7,12,15-16H2,1-2H3,(H2,42,49)/t17?,19?,23?,26-/m0/s1. The summed E-state index contributed by atoms with van der Waals surface area (Å²) in [6.07, 6.45) is -12.7. The van der Waals surface area contributed by atoms with Crippen molar-refractivity contribution >= 4 is 23.5 Å². The number of carbonyl (C=O) groups is 2. The number of anilines is 2. The molecule has 0 spiro atoms. The summed E-state index contributed by atoms with van der Waals surface area (Å²) in [5.74, 6) is -1.53. The largest absolute Gasteiger partial charge is 0.416 e. The van der Waals surface area contributed by atoms with Gasteiger partial charge in [0.25, 0.3) is 5.95 Å². The summed E-state index contributed by atoms with van der Waals surface area (Å²) in [6.45, 7) is 1.08. The summed E-state index contributed by atoms with van der Waals surface area (Å²) in [4.78, 5) is 29.2. The predicted octanol–water partition coefficient (Wildman–Crippen LogP) is 7.21. The minimum atomic E-state index is -5.14. The number of amides is 2. The van der Waals surface area contributed by atoms with Crippen molar-refractivity contribution in [3.05, 3.63) is 64.2 Å². The Hall–Kier alpha value is -4.38. The van der Waals surface area contributed by atoms with Gasteiger partial charge in [0.05, 0.1) is 29.8 Å². The third kappa shape index (κ3) is 7.98. The molecule has 2 aliphatic rings. The van der Waals surface area contributed by atoms with Gasteiger partial charge in [0.1, 0.15) is 0 Å². The molecule has 2 amide bonds. The topological polar surface area (TPSA) is 110 Å². The van der Waals surface area contributed by atoms with Crippen LogP contribution in [0.2, 0.25) is 0 Å². The van der Waals surface area contributed by atoms with Crippen LogP contribution in [-0.4, -0.2) is 38.1 Å². The van der Waals surface area contributed by atoms with Crippen molar-refractivity contribution in [1.29, 1.82) is 0 Å². The van der Waals surface area contributed by atoms with Gasteiger partial charge in [0.2, 0.25) is 11.8 Å². The third-order valence-electron chi connectivity index (χ3n) is 9.36. The van der Waals surface area contributed by atoms with E-state index in [2.05, 4.69) is 15.4 Å². The number of carbonyl (C=O) groups excluding carboxylic acids is 2. The highest BCUT2D eigenvalue weighted by Gasteiger charge is 2.44. The van der Waals surface area contributed by atoms with Gasteiger partial charge in [-0.3, -0.25) is 9.59 Å². The van der Waals surface area contributed by atoms with Gasteiger partial charge >= 0.3 is 18.5 Å². The maximum atomic E-state index is 14.1. The summed E-state index contributed by atoms with van der Waals surface area (Å²) in [5, 5.41) is 11.8. The Labute approximate surface area is 280 Å². The lowest BCUT2D eigenvalue weighted by molar-refractivity contribution is -0.143. The van der Waals surface area contributed by atoms with Crippen LogP contribution in [0.3, 0.4) is 0 Å². The van der Waals surface area contributed by atoms with Crippen molar-refractivity contribution in [3.63, 3.8) is 0 Å². The first-order chi connectivity index (χ1) is 23.3. The van der Waals surface area contributed by atoms with Crippen LogP contribution in [-0.2, 0) is 41.7 Å². The van der Waals surface area contributed by atoms with Gasteiger partial charge in [-0.05, 0) is 97.2 Å². The number of hydrogen-bond donors (Lipinski definition) is 1. The van der Waals surface area contributed by atoms with Crippen LogP contribution in [0.4, 0.5) is 51.1 Å². The predicted molar refractivity (Wildman–Crippen MR) is 161 cm³/mol. The van der Waals surface area contributed by atoms with Gasteiger partial charge in [-0.15, -0.1) is 5.10 Å². The van der Waals surface area contributed by atoms with E-state index in [4.69, 9.17) is 5.73 Å². The average molecular weight is 720 g/mol. The first-order valence-electron chi connectivity index (χ1n) is 15.9. The Balaban J connectivity index is 1.61. The van der Waals surface area contributed by atoms with E-state index in [9.17, 15) is 49.1 Å². The van der Waals surface area contributed by atoms with Gasteiger partial charge in [-0.2, -0.15) is 44.3 Å². The molecule has 50 heavy (non-hydrogen) atoms. The van der Waals surface area contributed by atoms with Crippen LogP contribution in [0.5, 0.6) is 0 Å². The Morgan fingerprint density at radius 2 is 1.48 bits per heavy atom. The number of fused-ring (bicyclic) bond motifs is 1. The molecule has 9 nitrogen and oxygen atoms in total. The number of nitrogens with zero attached hydrogens (tertiary/aromatic N) is 6. The first-order valence-corrected chi connectivity index (χ1v) is 15.9. The van der Waals surface area contributed by atoms with Crippen molar-refractivity contribution in [1.82, 2.24) is 20.2 Å². The lowest BCUT2D eigenvalue weighted by Gasteiger charge is -2.46. The van der Waals surface area contributed by atoms with Crippen LogP contribution in [0.1, 0.15) is 85.7 Å². The van der Waals surface area contributed by atoms with Crippen LogP contribution in [0.25, 0.3) is 0 Å². The van der Waals surface area contributed by atoms with Crippen molar-refractivity contribution in [2.75, 3.05) is 9.80 Å². The zero-order chi connectivity index (χ0) is 36.8. The Kier molecular flexibility index (Phi) is 10.1. The van der Waals surface area contributed by atoms with E-state index >= 15 is 0 Å². The second-order valence-corrected chi connectivity index (χ2v) is 12.8. The molecule has 1 fully saturated rings. The fourth-order valence-corrected chi connectivity index (χ4v) is 6.96. The normalized spacial score (nSPS) is 21.5. The quantitative estimate of drug-likeness (QED) is 0.247. The molecule has 272 valence electrons. The van der Waals surface area contributed by atoms with Crippen molar-refractivity contribution < 1.29 is 49.1 Å². The molecular formula is C32H34F9N7O2. The number of primary amides is 1. The molecule has 2 aromatic carbocycles. The van der Waals surface area contributed by atoms with Gasteiger partial charge < -0.3 is 15.5 Å². The summed E-state index contributed by atoms with van der Waals surface area (Å²) < 4.78 is 125. The highest BCUT2D eigenvalue weighted by Crippen LogP contribution is 2.47. The molecule has 1 unspecified atom stereocenters. The molecule has 1 aliphatic carbocycles. The first kappa shape index (κ1) is 36.9. The number of aromatic nitrogens is 4. The smallest absolute Gasteiger partial charge is 0.370 e. The number of nitrogens with two attached hydrogens (primary N) is 1. The summed E-state index contributed by atoms with van der Waals surface area (Å²) in [7, 11) is 1.37. The van der Waals surface area contributed by atoms with E-state index in [0.717, 1.165) is 23.0 Å². The molecule has 18 heteroatoms. The molecule has 3 aromatic rings. The van der Waals surface area contributed by atoms with Crippen molar-refractivity contribution in [3.8, 4) is 0 Å². The highest BCUT2D eigenvalue weighted by molar-refractivity contribution is 5.97. The second kappa shape index (κ2) is 13.7. The molecule has 2 atom stereocenters. The molecule has 5 rings (SSSR count). The molecule has 0 saturated heterocycles. The molecule has 1 aromatic heterocycles. The zero-order valence-corrected chi connectivity index (χ0v) is 26.9. The zero-order valence-electron chi connectivity index (χ0n) is 26.9. The summed E-state index contributed by atoms with van der Waals surface area (Å²) >= 11 is 0. The Morgan fingerprint density at radius 3 is 1.98 bits per heavy atom. The van der Waals surface area contributed by atoms with Gasteiger partial charge in [-0.1, -0.05) is 12.0 Å². The van der Waals surface area contributed by atoms with E-state index in [1.54, 1.807) is 6.92 Å². The van der Waals surface area contributed by atoms with Crippen molar-refractivity contribution in [2.24, 2.45) is 24.6 Å². The fourth-order valence-electron chi connectivity index (χ4n) is 6.96. The molecule has 2 N–H and O–H groups in total. The molecule has 2 heterocycles. The monoisotopic (exact) mass is 719 g/mol. The lowest BCUT2D eigenvalue weighted by atomic mass is 9.78. The van der Waals surface area contributed by atoms with Crippen LogP contribution in [0, 0.1) is 11.8 Å². The number of aryl methyl sites for hydroxylation is 1. The number of halogens is 9. The molecule has 0 bridgehead atoms. The number of rotatable bonds is 8. The summed E-state index contributed by atoms with van der Waals surface area (Å²) in [6, 6.07) is 2.12. The van der Waals surface area contributed by atoms with Crippen molar-refractivity contribution in [2.45, 2.75) is 89.0 Å². The van der Waals surface area contributed by atoms with Crippen LogP contribution < -0.4 is 15.5 Å². The average Bonchev–Trinajstić information content (AvgIpc) is 3.46. The number of benzene rings is 2. The second-order valence-electron chi connectivity index (χ2n) is 12.8. The maximum Gasteiger partial charge on any atom is 0.416 e. The van der Waals surface area contributed by atoms with E-state index in [1.807, 2.05) is 0 Å². The molecular weight excluding hydrogens is 685 g/mol. The highest BCUT2D eigenvalue weighted by atomic mass is 19.4. The number of hydrogen-bond acceptors (Lipinski definition) is 6. The third-order valence-corrected chi connectivity index (χ3v) is 9.36. The van der Waals surface area contributed by atoms with Gasteiger partial charge in [0, 0.05) is 30.6 Å². The molecule has 0 radical (unpaired) electrons. The van der Waals surface area contributed by atoms with E-state index in [-0.39, 0.29) is 47.9 Å². The lowest BCUT2D eigenvalue weighted by Crippen LogP contribution is -2.50.